The quantitative estimate of drug-likeness (QED) is 0.734. The molecule has 1 aliphatic carbocycles. The van der Waals surface area contributed by atoms with E-state index < -0.39 is 5.60 Å². The van der Waals surface area contributed by atoms with Gasteiger partial charge >= 0.3 is 0 Å². The molecule has 0 bridgehead atoms. The summed E-state index contributed by atoms with van der Waals surface area (Å²) < 4.78 is 0. The van der Waals surface area contributed by atoms with E-state index in [1.807, 2.05) is 12.1 Å². The van der Waals surface area contributed by atoms with E-state index in [4.69, 9.17) is 23.2 Å². The Labute approximate surface area is 106 Å². The van der Waals surface area contributed by atoms with Crippen molar-refractivity contribution in [2.45, 2.75) is 44.1 Å². The van der Waals surface area contributed by atoms with Crippen molar-refractivity contribution in [3.05, 3.63) is 33.8 Å². The average Bonchev–Trinajstić information content (AvgIpc) is 2.48. The van der Waals surface area contributed by atoms with Crippen LogP contribution in [0.15, 0.2) is 18.2 Å². The third kappa shape index (κ3) is 2.37. The Morgan fingerprint density at radius 1 is 1.00 bits per heavy atom. The van der Waals surface area contributed by atoms with Crippen LogP contribution in [-0.2, 0) is 5.60 Å². The van der Waals surface area contributed by atoms with Gasteiger partial charge in [-0.15, -0.1) is 0 Å². The van der Waals surface area contributed by atoms with Gasteiger partial charge in [-0.3, -0.25) is 0 Å². The fourth-order valence-corrected chi connectivity index (χ4v) is 2.92. The first-order chi connectivity index (χ1) is 7.63. The fraction of sp³-hybridized carbons (Fsp3) is 0.538. The van der Waals surface area contributed by atoms with E-state index in [0.717, 1.165) is 31.2 Å². The third-order valence-corrected chi connectivity index (χ3v) is 4.20. The molecular formula is C13H16Cl2O. The maximum Gasteiger partial charge on any atom is 0.0911 e. The molecule has 0 saturated heterocycles. The number of halogens is 2. The van der Waals surface area contributed by atoms with Crippen molar-refractivity contribution >= 4 is 23.2 Å². The Hall–Kier alpha value is -0.240. The Kier molecular flexibility index (Phi) is 3.78. The highest BCUT2D eigenvalue weighted by Gasteiger charge is 2.32. The highest BCUT2D eigenvalue weighted by Crippen LogP contribution is 2.41. The van der Waals surface area contributed by atoms with Crippen LogP contribution >= 0.6 is 23.2 Å². The van der Waals surface area contributed by atoms with E-state index in [-0.39, 0.29) is 0 Å². The molecule has 1 saturated carbocycles. The van der Waals surface area contributed by atoms with Crippen LogP contribution in [0.4, 0.5) is 0 Å². The molecule has 16 heavy (non-hydrogen) atoms. The second-order valence-corrected chi connectivity index (χ2v) is 5.33. The predicted molar refractivity (Wildman–Crippen MR) is 68.1 cm³/mol. The largest absolute Gasteiger partial charge is 0.385 e. The van der Waals surface area contributed by atoms with Crippen molar-refractivity contribution in [2.24, 2.45) is 0 Å². The number of hydrogen-bond donors (Lipinski definition) is 1. The van der Waals surface area contributed by atoms with Gasteiger partial charge in [-0.05, 0) is 18.9 Å². The predicted octanol–water partition coefficient (Wildman–Crippen LogP) is 4.54. The van der Waals surface area contributed by atoms with E-state index in [1.54, 1.807) is 6.07 Å². The van der Waals surface area contributed by atoms with Crippen LogP contribution in [0.5, 0.6) is 0 Å². The maximum absolute atomic E-state index is 10.7. The smallest absolute Gasteiger partial charge is 0.0911 e. The number of hydrogen-bond acceptors (Lipinski definition) is 1. The van der Waals surface area contributed by atoms with Gasteiger partial charge in [-0.2, -0.15) is 0 Å². The van der Waals surface area contributed by atoms with Gasteiger partial charge in [0.1, 0.15) is 0 Å². The SMILES string of the molecule is OC1(c2cccc(Cl)c2Cl)CCCCCC1. The Morgan fingerprint density at radius 3 is 2.25 bits per heavy atom. The minimum absolute atomic E-state index is 0.508. The molecule has 0 atom stereocenters. The Morgan fingerprint density at radius 2 is 1.62 bits per heavy atom. The van der Waals surface area contributed by atoms with E-state index in [9.17, 15) is 5.11 Å². The van der Waals surface area contributed by atoms with Gasteiger partial charge in [0, 0.05) is 5.56 Å². The molecule has 0 spiro atoms. The zero-order chi connectivity index (χ0) is 11.6. The molecule has 1 aromatic carbocycles. The van der Waals surface area contributed by atoms with Crippen LogP contribution in [-0.4, -0.2) is 5.11 Å². The van der Waals surface area contributed by atoms with Crippen LogP contribution in [0, 0.1) is 0 Å². The molecule has 1 aromatic rings. The summed E-state index contributed by atoms with van der Waals surface area (Å²) >= 11 is 12.2. The second kappa shape index (κ2) is 4.95. The summed E-state index contributed by atoms with van der Waals surface area (Å²) in [5.74, 6) is 0. The monoisotopic (exact) mass is 258 g/mol. The molecule has 0 radical (unpaired) electrons. The fourth-order valence-electron chi connectivity index (χ4n) is 2.45. The molecule has 0 aromatic heterocycles. The molecule has 1 N–H and O–H groups in total. The van der Waals surface area contributed by atoms with E-state index in [0.29, 0.717) is 10.0 Å². The van der Waals surface area contributed by atoms with Crippen LogP contribution in [0.2, 0.25) is 10.0 Å². The third-order valence-electron chi connectivity index (χ3n) is 3.38. The first kappa shape index (κ1) is 12.2. The summed E-state index contributed by atoms with van der Waals surface area (Å²) in [6.45, 7) is 0. The first-order valence-corrected chi connectivity index (χ1v) is 6.56. The summed E-state index contributed by atoms with van der Waals surface area (Å²) in [6.07, 6.45) is 6.07. The minimum atomic E-state index is -0.779. The lowest BCUT2D eigenvalue weighted by Crippen LogP contribution is -2.25. The van der Waals surface area contributed by atoms with Crippen LogP contribution in [0.25, 0.3) is 0 Å². The minimum Gasteiger partial charge on any atom is -0.385 e. The lowest BCUT2D eigenvalue weighted by molar-refractivity contribution is 0.0208. The second-order valence-electron chi connectivity index (χ2n) is 4.55. The lowest BCUT2D eigenvalue weighted by Gasteiger charge is -2.28. The van der Waals surface area contributed by atoms with Gasteiger partial charge < -0.3 is 5.11 Å². The summed E-state index contributed by atoms with van der Waals surface area (Å²) in [6, 6.07) is 5.50. The van der Waals surface area contributed by atoms with Crippen molar-refractivity contribution in [1.82, 2.24) is 0 Å². The van der Waals surface area contributed by atoms with Crippen molar-refractivity contribution in [3.8, 4) is 0 Å². The molecule has 88 valence electrons. The molecule has 2 rings (SSSR count). The van der Waals surface area contributed by atoms with E-state index >= 15 is 0 Å². The van der Waals surface area contributed by atoms with Crippen molar-refractivity contribution in [1.29, 1.82) is 0 Å². The molecule has 0 aliphatic heterocycles. The topological polar surface area (TPSA) is 20.2 Å². The molecule has 0 unspecified atom stereocenters. The van der Waals surface area contributed by atoms with Crippen LogP contribution in [0.3, 0.4) is 0 Å². The highest BCUT2D eigenvalue weighted by molar-refractivity contribution is 6.42. The standard InChI is InChI=1S/C13H16Cl2O/c14-11-7-5-6-10(12(11)15)13(16)8-3-1-2-4-9-13/h5-7,16H,1-4,8-9H2. The molecule has 1 aliphatic rings. The molecule has 3 heteroatoms. The first-order valence-electron chi connectivity index (χ1n) is 5.80. The van der Waals surface area contributed by atoms with Crippen molar-refractivity contribution < 1.29 is 5.11 Å². The van der Waals surface area contributed by atoms with Crippen LogP contribution < -0.4 is 0 Å². The van der Waals surface area contributed by atoms with Gasteiger partial charge in [0.15, 0.2) is 0 Å². The molecule has 0 heterocycles. The molecule has 1 nitrogen and oxygen atoms in total. The van der Waals surface area contributed by atoms with Gasteiger partial charge in [-0.25, -0.2) is 0 Å². The molecule has 1 fully saturated rings. The van der Waals surface area contributed by atoms with E-state index in [1.165, 1.54) is 12.8 Å². The Bertz CT molecular complexity index is 368. The van der Waals surface area contributed by atoms with Crippen LogP contribution in [0.1, 0.15) is 44.1 Å². The van der Waals surface area contributed by atoms with Crippen molar-refractivity contribution in [2.75, 3.05) is 0 Å². The summed E-state index contributed by atoms with van der Waals surface area (Å²) in [4.78, 5) is 0. The highest BCUT2D eigenvalue weighted by atomic mass is 35.5. The average molecular weight is 259 g/mol. The normalized spacial score (nSPS) is 20.4. The Balaban J connectivity index is 2.37. The molecular weight excluding hydrogens is 243 g/mol. The zero-order valence-corrected chi connectivity index (χ0v) is 10.7. The number of benzene rings is 1. The summed E-state index contributed by atoms with van der Waals surface area (Å²) in [5, 5.41) is 11.7. The van der Waals surface area contributed by atoms with Gasteiger partial charge in [-0.1, -0.05) is 61.0 Å². The van der Waals surface area contributed by atoms with Gasteiger partial charge in [0.25, 0.3) is 0 Å². The summed E-state index contributed by atoms with van der Waals surface area (Å²) in [7, 11) is 0. The van der Waals surface area contributed by atoms with Crippen molar-refractivity contribution in [3.63, 3.8) is 0 Å². The number of rotatable bonds is 1. The maximum atomic E-state index is 10.7. The lowest BCUT2D eigenvalue weighted by atomic mass is 9.86. The summed E-state index contributed by atoms with van der Waals surface area (Å²) in [5.41, 5.74) is 0.0157. The molecule has 0 amide bonds. The van der Waals surface area contributed by atoms with Gasteiger partial charge in [0.2, 0.25) is 0 Å². The van der Waals surface area contributed by atoms with Gasteiger partial charge in [0.05, 0.1) is 15.6 Å². The number of aliphatic hydroxyl groups is 1. The van der Waals surface area contributed by atoms with E-state index in [2.05, 4.69) is 0 Å². The zero-order valence-electron chi connectivity index (χ0n) is 9.18.